The number of fused-ring (bicyclic) bond motifs is 7. The summed E-state index contributed by atoms with van der Waals surface area (Å²) in [6.07, 6.45) is 5.43. The second-order valence-corrected chi connectivity index (χ2v) is 17.8. The maximum absolute atomic E-state index is 16.9. The highest BCUT2D eigenvalue weighted by Gasteiger charge is 2.56. The van der Waals surface area contributed by atoms with Gasteiger partial charge in [-0.3, -0.25) is 9.59 Å². The third-order valence-corrected chi connectivity index (χ3v) is 13.5. The van der Waals surface area contributed by atoms with Gasteiger partial charge in [0.15, 0.2) is 0 Å². The lowest BCUT2D eigenvalue weighted by Crippen LogP contribution is -2.54. The molecular formula is C43H50F2N8O6. The number of halogens is 2. The summed E-state index contributed by atoms with van der Waals surface area (Å²) in [5, 5.41) is 5.39. The second-order valence-electron chi connectivity index (χ2n) is 17.8. The Hall–Kier alpha value is -5.54. The van der Waals surface area contributed by atoms with E-state index in [2.05, 4.69) is 25.6 Å². The molecule has 4 N–H and O–H groups in total. The molecule has 4 aromatic rings. The van der Waals surface area contributed by atoms with Crippen LogP contribution in [0.2, 0.25) is 0 Å². The van der Waals surface area contributed by atoms with Crippen LogP contribution in [0.25, 0.3) is 33.4 Å². The number of carbonyl (C=O) groups is 4. The van der Waals surface area contributed by atoms with Gasteiger partial charge in [0.2, 0.25) is 11.8 Å². The first-order valence-corrected chi connectivity index (χ1v) is 20.6. The molecule has 2 aromatic carbocycles. The van der Waals surface area contributed by atoms with E-state index in [0.29, 0.717) is 52.5 Å². The van der Waals surface area contributed by atoms with Crippen LogP contribution in [0.15, 0.2) is 36.5 Å². The molecule has 16 heteroatoms. The Balaban J connectivity index is 1.01. The Morgan fingerprint density at radius 1 is 0.881 bits per heavy atom. The van der Waals surface area contributed by atoms with E-state index >= 15 is 8.78 Å². The van der Waals surface area contributed by atoms with Crippen molar-refractivity contribution in [1.29, 1.82) is 0 Å². The first-order valence-electron chi connectivity index (χ1n) is 20.6. The highest BCUT2D eigenvalue weighted by Crippen LogP contribution is 2.59. The quantitative estimate of drug-likeness (QED) is 0.141. The molecule has 2 aromatic heterocycles. The van der Waals surface area contributed by atoms with Gasteiger partial charge in [-0.1, -0.05) is 45.9 Å². The number of likely N-dealkylation sites (tertiary alicyclic amines) is 2. The lowest BCUT2D eigenvalue weighted by molar-refractivity contribution is -0.139. The van der Waals surface area contributed by atoms with Gasteiger partial charge < -0.3 is 39.9 Å². The van der Waals surface area contributed by atoms with Crippen LogP contribution in [0.3, 0.4) is 0 Å². The zero-order chi connectivity index (χ0) is 41.7. The highest BCUT2D eigenvalue weighted by molar-refractivity contribution is 5.94. The SMILES string of the molecule is COC(=O)NC(C(=O)N1CC2(CC2)C[C@H]1c1ncc(-c2ccc3c(c2)C(F)(F)c2c-3ccc3nc([C@@H]4[C@H]5CC[C@H](C5)N4C(=O)C(NC(=O)OC)C(C)C)[nH]c23)[nH]1)C(C)C. The van der Waals surface area contributed by atoms with Crippen molar-refractivity contribution in [2.24, 2.45) is 23.2 Å². The number of methoxy groups -OCH3 is 2. The first-order chi connectivity index (χ1) is 28.1. The van der Waals surface area contributed by atoms with Gasteiger partial charge in [-0.2, -0.15) is 8.78 Å². The molecule has 5 aliphatic rings. The van der Waals surface area contributed by atoms with Crippen molar-refractivity contribution in [3.8, 4) is 22.4 Å². The molecule has 3 aliphatic carbocycles. The van der Waals surface area contributed by atoms with Gasteiger partial charge in [0, 0.05) is 23.7 Å². The number of hydrogen-bond acceptors (Lipinski definition) is 8. The summed E-state index contributed by atoms with van der Waals surface area (Å²) < 4.78 is 43.4. The topological polar surface area (TPSA) is 175 Å². The number of alkyl carbamates (subject to hydrolysis) is 2. The Morgan fingerprint density at radius 3 is 2.22 bits per heavy atom. The molecule has 4 amide bonds. The van der Waals surface area contributed by atoms with E-state index in [1.165, 1.54) is 20.3 Å². The third kappa shape index (κ3) is 6.31. The van der Waals surface area contributed by atoms with E-state index in [1.807, 2.05) is 27.7 Å². The minimum absolute atomic E-state index is 0.00271. The predicted molar refractivity (Wildman–Crippen MR) is 212 cm³/mol. The number of hydrogen-bond donors (Lipinski definition) is 4. The number of carbonyl (C=O) groups excluding carboxylic acids is 4. The van der Waals surface area contributed by atoms with Crippen molar-refractivity contribution >= 4 is 35.0 Å². The lowest BCUT2D eigenvalue weighted by Gasteiger charge is -2.37. The molecule has 4 heterocycles. The molecule has 2 bridgehead atoms. The van der Waals surface area contributed by atoms with Crippen molar-refractivity contribution in [2.75, 3.05) is 20.8 Å². The molecule has 2 saturated carbocycles. The summed E-state index contributed by atoms with van der Waals surface area (Å²) in [6, 6.07) is 5.97. The van der Waals surface area contributed by atoms with Crippen LogP contribution in [0.4, 0.5) is 18.4 Å². The Morgan fingerprint density at radius 2 is 1.56 bits per heavy atom. The summed E-state index contributed by atoms with van der Waals surface area (Å²) in [5.41, 5.74) is 2.21. The van der Waals surface area contributed by atoms with Crippen LogP contribution >= 0.6 is 0 Å². The van der Waals surface area contributed by atoms with Crippen molar-refractivity contribution in [3.63, 3.8) is 0 Å². The summed E-state index contributed by atoms with van der Waals surface area (Å²) >= 11 is 0. The zero-order valence-electron chi connectivity index (χ0n) is 34.0. The van der Waals surface area contributed by atoms with E-state index in [9.17, 15) is 19.2 Å². The van der Waals surface area contributed by atoms with Crippen molar-refractivity contribution in [3.05, 3.63) is 59.3 Å². The van der Waals surface area contributed by atoms with Crippen LogP contribution < -0.4 is 10.6 Å². The van der Waals surface area contributed by atoms with Crippen LogP contribution in [0.1, 0.15) is 101 Å². The van der Waals surface area contributed by atoms with Gasteiger partial charge >= 0.3 is 18.1 Å². The first kappa shape index (κ1) is 38.9. The van der Waals surface area contributed by atoms with Crippen LogP contribution in [-0.4, -0.2) is 92.6 Å². The smallest absolute Gasteiger partial charge is 0.407 e. The maximum atomic E-state index is 16.9. The minimum atomic E-state index is -3.38. The van der Waals surface area contributed by atoms with Gasteiger partial charge in [0.05, 0.1) is 54.8 Å². The number of amides is 4. The third-order valence-electron chi connectivity index (χ3n) is 13.5. The van der Waals surface area contributed by atoms with Crippen molar-refractivity contribution in [2.45, 2.75) is 102 Å². The average molecular weight is 813 g/mol. The minimum Gasteiger partial charge on any atom is -0.453 e. The van der Waals surface area contributed by atoms with Crippen molar-refractivity contribution in [1.82, 2.24) is 40.4 Å². The largest absolute Gasteiger partial charge is 0.453 e. The molecule has 2 aliphatic heterocycles. The fraction of sp³-hybridized carbons (Fsp3) is 0.535. The van der Waals surface area contributed by atoms with Crippen LogP contribution in [0, 0.1) is 23.2 Å². The van der Waals surface area contributed by atoms with Gasteiger partial charge in [-0.25, -0.2) is 19.6 Å². The maximum Gasteiger partial charge on any atom is 0.407 e. The Bertz CT molecular complexity index is 2370. The molecule has 312 valence electrons. The molecule has 2 unspecified atom stereocenters. The number of imidazole rings is 2. The number of ether oxygens (including phenoxy) is 2. The van der Waals surface area contributed by atoms with Crippen LogP contribution in [-0.2, 0) is 25.0 Å². The number of alkyl halides is 2. The normalized spacial score (nSPS) is 24.1. The van der Waals surface area contributed by atoms with Gasteiger partial charge in [-0.05, 0) is 85.0 Å². The fourth-order valence-corrected chi connectivity index (χ4v) is 10.2. The molecule has 14 nitrogen and oxygen atoms in total. The number of benzene rings is 2. The van der Waals surface area contributed by atoms with E-state index in [0.717, 1.165) is 32.1 Å². The summed E-state index contributed by atoms with van der Waals surface area (Å²) in [6.45, 7) is 7.99. The predicted octanol–water partition coefficient (Wildman–Crippen LogP) is 6.94. The Kier molecular flexibility index (Phi) is 9.27. The molecule has 1 spiro atoms. The monoisotopic (exact) mass is 812 g/mol. The lowest BCUT2D eigenvalue weighted by atomic mass is 9.95. The number of H-pyrrole nitrogens is 2. The number of piperidine rings is 1. The number of rotatable bonds is 9. The zero-order valence-corrected chi connectivity index (χ0v) is 34.0. The highest BCUT2D eigenvalue weighted by atomic mass is 19.3. The fourth-order valence-electron chi connectivity index (χ4n) is 10.2. The molecule has 4 fully saturated rings. The number of aromatic amines is 2. The summed E-state index contributed by atoms with van der Waals surface area (Å²) in [4.78, 5) is 72.2. The number of nitrogens with zero attached hydrogens (tertiary/aromatic N) is 4. The summed E-state index contributed by atoms with van der Waals surface area (Å²) in [7, 11) is 2.51. The van der Waals surface area contributed by atoms with Gasteiger partial charge in [-0.15, -0.1) is 0 Å². The Labute approximate surface area is 340 Å². The molecule has 0 radical (unpaired) electrons. The molecule has 6 atom stereocenters. The number of nitrogens with one attached hydrogen (secondary N) is 4. The van der Waals surface area contributed by atoms with Gasteiger partial charge in [0.25, 0.3) is 0 Å². The van der Waals surface area contributed by atoms with E-state index in [-0.39, 0.29) is 63.7 Å². The van der Waals surface area contributed by atoms with Crippen LogP contribution in [0.5, 0.6) is 0 Å². The van der Waals surface area contributed by atoms with Gasteiger partial charge in [0.1, 0.15) is 23.7 Å². The standard InChI is InChI=1S/C43H50F2N8O6/c1-20(2)32(50-40(56)58-5)38(54)52-19-42(13-14-42)17-30(52)36-46-18-29(48-36)22-8-10-25-26-11-12-28-34(31(26)43(44,45)27(25)16-22)49-37(47-28)35-23-7-9-24(15-23)53(35)39(55)33(21(3)4)51-41(57)59-6/h8,10-12,16,18,20-21,23-24,30,32-33,35H,7,9,13-15,17,19H2,1-6H3,(H,46,48)(H,47,49)(H,50,56)(H,51,57)/t23-,24+,30-,32?,33?,35-/m0/s1. The average Bonchev–Trinajstić information content (AvgIpc) is 3.87. The molecule has 2 saturated heterocycles. The van der Waals surface area contributed by atoms with Crippen molar-refractivity contribution < 1.29 is 37.4 Å². The second kappa shape index (κ2) is 14.0. The molecular weight excluding hydrogens is 763 g/mol. The van der Waals surface area contributed by atoms with E-state index in [1.54, 1.807) is 40.3 Å². The molecule has 59 heavy (non-hydrogen) atoms. The number of aromatic nitrogens is 4. The summed E-state index contributed by atoms with van der Waals surface area (Å²) in [5.74, 6) is -3.12. The molecule has 9 rings (SSSR count). The van der Waals surface area contributed by atoms with E-state index in [4.69, 9.17) is 14.5 Å². The van der Waals surface area contributed by atoms with E-state index < -0.39 is 36.2 Å².